The number of imidazole rings is 1. The molecule has 0 unspecified atom stereocenters. The number of fused-ring (bicyclic) bond motifs is 1. The van der Waals surface area contributed by atoms with Crippen LogP contribution in [0.25, 0.3) is 11.0 Å². The van der Waals surface area contributed by atoms with Crippen molar-refractivity contribution in [3.8, 4) is 0 Å². The maximum absolute atomic E-state index is 11.9. The van der Waals surface area contributed by atoms with Crippen LogP contribution < -0.4 is 0 Å². The monoisotopic (exact) mass is 342 g/mol. The number of benzene rings is 1. The number of hydrogen-bond donors (Lipinski definition) is 1. The molecule has 0 bridgehead atoms. The van der Waals surface area contributed by atoms with Crippen LogP contribution in [0.1, 0.15) is 12.8 Å². The average Bonchev–Trinajstić information content (AvgIpc) is 2.75. The lowest BCUT2D eigenvalue weighted by Crippen LogP contribution is -2.16. The van der Waals surface area contributed by atoms with Crippen molar-refractivity contribution < 1.29 is 8.42 Å². The Balaban J connectivity index is 2.07. The highest BCUT2D eigenvalue weighted by atomic mass is 32.2. The minimum Gasteiger partial charge on any atom is -0.329 e. The molecule has 1 aliphatic rings. The molecule has 0 saturated carbocycles. The van der Waals surface area contributed by atoms with Gasteiger partial charge in [-0.3, -0.25) is 0 Å². The number of thioether (sulfide) groups is 1. The number of H-pyrrole nitrogens is 1. The van der Waals surface area contributed by atoms with Crippen LogP contribution in [-0.4, -0.2) is 35.7 Å². The van der Waals surface area contributed by atoms with Gasteiger partial charge in [0.2, 0.25) is 0 Å². The molecule has 2 aromatic rings. The van der Waals surface area contributed by atoms with Crippen LogP contribution in [0.5, 0.6) is 0 Å². The highest BCUT2D eigenvalue weighted by molar-refractivity contribution is 7.99. The van der Waals surface area contributed by atoms with E-state index in [0.717, 1.165) is 12.1 Å². The third kappa shape index (κ3) is 3.05. The van der Waals surface area contributed by atoms with Gasteiger partial charge in [-0.1, -0.05) is 6.07 Å². The summed E-state index contributed by atoms with van der Waals surface area (Å²) in [6, 6.07) is 5.35. The van der Waals surface area contributed by atoms with E-state index < -0.39 is 9.84 Å². The summed E-state index contributed by atoms with van der Waals surface area (Å²) in [7, 11) is -3.26. The molecule has 1 aromatic carbocycles. The predicted molar refractivity (Wildman–Crippen MR) is 90.3 cm³/mol. The minimum absolute atomic E-state index is 0.323. The minimum atomic E-state index is -3.26. The fourth-order valence-electron chi connectivity index (χ4n) is 2.83. The number of sulfone groups is 1. The van der Waals surface area contributed by atoms with E-state index in [1.807, 2.05) is 17.8 Å². The summed E-state index contributed by atoms with van der Waals surface area (Å²) in [5.41, 5.74) is 1.52. The van der Waals surface area contributed by atoms with Crippen molar-refractivity contribution in [2.75, 3.05) is 17.8 Å². The first-order valence-electron chi connectivity index (χ1n) is 6.96. The summed E-state index contributed by atoms with van der Waals surface area (Å²) >= 11 is 7.41. The summed E-state index contributed by atoms with van der Waals surface area (Å²) < 4.78 is 26.4. The lowest BCUT2D eigenvalue weighted by atomic mass is 10.0. The second kappa shape index (κ2) is 5.78. The summed E-state index contributed by atoms with van der Waals surface area (Å²) in [5, 5.41) is 0. The Hall–Kier alpha value is -0.790. The second-order valence-corrected chi connectivity index (χ2v) is 9.11. The van der Waals surface area contributed by atoms with Crippen LogP contribution >= 0.6 is 24.0 Å². The smallest absolute Gasteiger partial charge is 0.178 e. The number of para-hydroxylation sites is 1. The topological polar surface area (TPSA) is 54.9 Å². The molecule has 0 spiro atoms. The van der Waals surface area contributed by atoms with Gasteiger partial charge < -0.3 is 9.55 Å². The number of aromatic nitrogens is 2. The predicted octanol–water partition coefficient (Wildman–Crippen LogP) is 3.25. The Labute approximate surface area is 133 Å². The zero-order valence-corrected chi connectivity index (χ0v) is 14.3. The van der Waals surface area contributed by atoms with E-state index in [0.29, 0.717) is 21.1 Å². The van der Waals surface area contributed by atoms with Gasteiger partial charge in [0.1, 0.15) is 0 Å². The van der Waals surface area contributed by atoms with Gasteiger partial charge in [0.05, 0.1) is 15.9 Å². The quantitative estimate of drug-likeness (QED) is 0.870. The Morgan fingerprint density at radius 2 is 2.10 bits per heavy atom. The summed E-state index contributed by atoms with van der Waals surface area (Å²) in [5.74, 6) is 3.03. The largest absolute Gasteiger partial charge is 0.329 e. The highest BCUT2D eigenvalue weighted by Crippen LogP contribution is 2.27. The molecule has 1 aromatic heterocycles. The summed E-state index contributed by atoms with van der Waals surface area (Å²) in [6.45, 7) is 0.868. The van der Waals surface area contributed by atoms with Crippen molar-refractivity contribution in [2.45, 2.75) is 24.3 Å². The van der Waals surface area contributed by atoms with Gasteiger partial charge in [0.25, 0.3) is 0 Å². The zero-order valence-electron chi connectivity index (χ0n) is 11.8. The van der Waals surface area contributed by atoms with Crippen LogP contribution in [0.3, 0.4) is 0 Å². The van der Waals surface area contributed by atoms with Gasteiger partial charge in [-0.05, 0) is 54.6 Å². The number of nitrogens with one attached hydrogen (secondary N) is 1. The Bertz CT molecular complexity index is 814. The van der Waals surface area contributed by atoms with Crippen LogP contribution in [0.15, 0.2) is 23.1 Å². The van der Waals surface area contributed by atoms with Crippen LogP contribution in [0.4, 0.5) is 0 Å². The van der Waals surface area contributed by atoms with E-state index in [-0.39, 0.29) is 0 Å². The lowest BCUT2D eigenvalue weighted by molar-refractivity contribution is 0.420. The van der Waals surface area contributed by atoms with Crippen LogP contribution in [0.2, 0.25) is 0 Å². The third-order valence-corrected chi connectivity index (χ3v) is 6.46. The summed E-state index contributed by atoms with van der Waals surface area (Å²) in [4.78, 5) is 3.41. The van der Waals surface area contributed by atoms with Gasteiger partial charge in [-0.25, -0.2) is 8.42 Å². The molecule has 0 atom stereocenters. The molecular formula is C14H18N2O2S3. The molecule has 1 N–H and O–H groups in total. The molecule has 0 amide bonds. The normalized spacial score (nSPS) is 17.4. The second-order valence-electron chi connectivity index (χ2n) is 5.52. The van der Waals surface area contributed by atoms with Crippen molar-refractivity contribution in [3.63, 3.8) is 0 Å². The lowest BCUT2D eigenvalue weighted by Gasteiger charge is -2.21. The standard InChI is InChI=1S/C14H18N2O2S3/c1-21(17,18)12-4-2-3-11-13(12)15-14(19)16(11)9-10-5-7-20-8-6-10/h2-4,10H,5-9H2,1H3,(H,15,19). The number of rotatable bonds is 3. The van der Waals surface area contributed by atoms with Gasteiger partial charge >= 0.3 is 0 Å². The van der Waals surface area contributed by atoms with Crippen molar-refractivity contribution in [2.24, 2.45) is 5.92 Å². The van der Waals surface area contributed by atoms with E-state index in [1.165, 1.54) is 30.6 Å². The molecular weight excluding hydrogens is 324 g/mol. The number of aromatic amines is 1. The SMILES string of the molecule is CS(=O)(=O)c1cccc2c1[nH]c(=S)n2CC1CCSCC1. The average molecular weight is 343 g/mol. The molecule has 1 saturated heterocycles. The Morgan fingerprint density at radius 1 is 1.38 bits per heavy atom. The summed E-state index contributed by atoms with van der Waals surface area (Å²) in [6.07, 6.45) is 3.63. The van der Waals surface area contributed by atoms with Crippen molar-refractivity contribution in [1.82, 2.24) is 9.55 Å². The fourth-order valence-corrected chi connectivity index (χ4v) is 5.16. The van der Waals surface area contributed by atoms with Crippen molar-refractivity contribution >= 4 is 44.9 Å². The molecule has 0 aliphatic carbocycles. The van der Waals surface area contributed by atoms with Crippen LogP contribution in [-0.2, 0) is 16.4 Å². The van der Waals surface area contributed by atoms with E-state index in [4.69, 9.17) is 12.2 Å². The van der Waals surface area contributed by atoms with Crippen molar-refractivity contribution in [3.05, 3.63) is 23.0 Å². The van der Waals surface area contributed by atoms with Crippen molar-refractivity contribution in [1.29, 1.82) is 0 Å². The maximum Gasteiger partial charge on any atom is 0.178 e. The number of hydrogen-bond acceptors (Lipinski definition) is 4. The molecule has 1 fully saturated rings. The van der Waals surface area contributed by atoms with Crippen LogP contribution in [0, 0.1) is 10.7 Å². The molecule has 114 valence electrons. The first kappa shape index (κ1) is 15.1. The van der Waals surface area contributed by atoms with E-state index >= 15 is 0 Å². The third-order valence-electron chi connectivity index (χ3n) is 3.95. The van der Waals surface area contributed by atoms with Gasteiger partial charge in [0.15, 0.2) is 14.6 Å². The first-order chi connectivity index (χ1) is 9.97. The fraction of sp³-hybridized carbons (Fsp3) is 0.500. The molecule has 3 rings (SSSR count). The maximum atomic E-state index is 11.9. The Morgan fingerprint density at radius 3 is 2.76 bits per heavy atom. The van der Waals surface area contributed by atoms with E-state index in [9.17, 15) is 8.42 Å². The molecule has 2 heterocycles. The van der Waals surface area contributed by atoms with E-state index in [1.54, 1.807) is 12.1 Å². The Kier molecular flexibility index (Phi) is 4.16. The van der Waals surface area contributed by atoms with E-state index in [2.05, 4.69) is 9.55 Å². The van der Waals surface area contributed by atoms with Gasteiger partial charge in [-0.15, -0.1) is 0 Å². The zero-order chi connectivity index (χ0) is 15.0. The first-order valence-corrected chi connectivity index (χ1v) is 10.4. The van der Waals surface area contributed by atoms with Gasteiger partial charge in [-0.2, -0.15) is 11.8 Å². The van der Waals surface area contributed by atoms with Gasteiger partial charge in [0, 0.05) is 12.8 Å². The molecule has 21 heavy (non-hydrogen) atoms. The number of nitrogens with zero attached hydrogens (tertiary/aromatic N) is 1. The molecule has 0 radical (unpaired) electrons. The molecule has 1 aliphatic heterocycles. The highest BCUT2D eigenvalue weighted by Gasteiger charge is 2.19. The molecule has 7 heteroatoms. The molecule has 4 nitrogen and oxygen atoms in total.